The number of aryl methyl sites for hydroxylation is 1. The maximum Gasteiger partial charge on any atom is 0.319 e. The van der Waals surface area contributed by atoms with Crippen molar-refractivity contribution in [2.24, 2.45) is 0 Å². The van der Waals surface area contributed by atoms with E-state index in [0.29, 0.717) is 17.7 Å². The van der Waals surface area contributed by atoms with Crippen molar-refractivity contribution in [2.45, 2.75) is 19.4 Å². The average Bonchev–Trinajstić information content (AvgIpc) is 2.95. The predicted octanol–water partition coefficient (Wildman–Crippen LogP) is 3.44. The molecule has 0 aliphatic rings. The molecule has 2 rings (SSSR count). The molecule has 0 aliphatic carbocycles. The summed E-state index contributed by atoms with van der Waals surface area (Å²) in [5, 5.41) is 16.5. The summed E-state index contributed by atoms with van der Waals surface area (Å²) in [7, 11) is 0. The van der Waals surface area contributed by atoms with Crippen molar-refractivity contribution in [3.05, 3.63) is 52.0 Å². The number of rotatable bonds is 5. The van der Waals surface area contributed by atoms with Crippen LogP contribution in [0.4, 0.5) is 14.9 Å². The molecular weight excluding hydrogens is 291 g/mol. The monoisotopic (exact) mass is 308 g/mol. The zero-order valence-electron chi connectivity index (χ0n) is 11.6. The number of carbonyl (C=O) groups excluding carboxylic acids is 1. The maximum absolute atomic E-state index is 13.0. The van der Waals surface area contributed by atoms with Crippen LogP contribution in [-0.4, -0.2) is 17.7 Å². The van der Waals surface area contributed by atoms with Crippen LogP contribution in [0.2, 0.25) is 0 Å². The van der Waals surface area contributed by atoms with E-state index in [-0.39, 0.29) is 24.5 Å². The Balaban J connectivity index is 2.02. The summed E-state index contributed by atoms with van der Waals surface area (Å²) in [6.45, 7) is 1.71. The van der Waals surface area contributed by atoms with Gasteiger partial charge in [-0.3, -0.25) is 0 Å². The minimum absolute atomic E-state index is 0.0155. The molecule has 0 fully saturated rings. The van der Waals surface area contributed by atoms with Crippen molar-refractivity contribution in [3.8, 4) is 0 Å². The van der Waals surface area contributed by atoms with Crippen LogP contribution >= 0.6 is 11.3 Å². The minimum Gasteiger partial charge on any atom is -0.396 e. The zero-order valence-corrected chi connectivity index (χ0v) is 12.4. The van der Waals surface area contributed by atoms with Crippen LogP contribution in [0, 0.1) is 12.7 Å². The molecule has 6 heteroatoms. The first-order chi connectivity index (χ1) is 10.1. The largest absolute Gasteiger partial charge is 0.396 e. The molecule has 112 valence electrons. The molecule has 1 aromatic heterocycles. The van der Waals surface area contributed by atoms with Crippen molar-refractivity contribution in [3.63, 3.8) is 0 Å². The molecule has 2 amide bonds. The number of nitrogens with one attached hydrogen (secondary N) is 2. The standard InChI is InChI=1S/C15H17FN2O2S/c1-10-9-11(16)4-5-12(10)17-15(20)18-13(6-7-19)14-3-2-8-21-14/h2-5,8-9,13,19H,6-7H2,1H3,(H2,17,18,20)/t13-/m1/s1. The van der Waals surface area contributed by atoms with Crippen molar-refractivity contribution < 1.29 is 14.3 Å². The Bertz CT molecular complexity index is 602. The van der Waals surface area contributed by atoms with Gasteiger partial charge in [0.1, 0.15) is 5.82 Å². The van der Waals surface area contributed by atoms with Crippen LogP contribution < -0.4 is 10.6 Å². The first-order valence-corrected chi connectivity index (χ1v) is 7.46. The Kier molecular flexibility index (Phi) is 5.30. The van der Waals surface area contributed by atoms with E-state index in [1.165, 1.54) is 29.5 Å². The summed E-state index contributed by atoms with van der Waals surface area (Å²) in [6.07, 6.45) is 0.441. The molecule has 1 heterocycles. The first kappa shape index (κ1) is 15.5. The van der Waals surface area contributed by atoms with Crippen molar-refractivity contribution in [1.82, 2.24) is 5.32 Å². The SMILES string of the molecule is Cc1cc(F)ccc1NC(=O)N[C@H](CCO)c1cccs1. The molecule has 3 N–H and O–H groups in total. The van der Waals surface area contributed by atoms with Gasteiger partial charge in [-0.25, -0.2) is 9.18 Å². The Hall–Kier alpha value is -1.92. The van der Waals surface area contributed by atoms with Crippen LogP contribution in [0.3, 0.4) is 0 Å². The molecule has 4 nitrogen and oxygen atoms in total. The smallest absolute Gasteiger partial charge is 0.319 e. The highest BCUT2D eigenvalue weighted by atomic mass is 32.1. The number of urea groups is 1. The molecule has 2 aromatic rings. The molecule has 0 bridgehead atoms. The van der Waals surface area contributed by atoms with E-state index >= 15 is 0 Å². The highest BCUT2D eigenvalue weighted by Crippen LogP contribution is 2.22. The summed E-state index contributed by atoms with van der Waals surface area (Å²) in [5.74, 6) is -0.338. The molecule has 0 unspecified atom stereocenters. The van der Waals surface area contributed by atoms with Crippen LogP contribution in [0.1, 0.15) is 22.9 Å². The molecule has 0 saturated heterocycles. The van der Waals surface area contributed by atoms with E-state index in [2.05, 4.69) is 10.6 Å². The number of benzene rings is 1. The summed E-state index contributed by atoms with van der Waals surface area (Å²) in [6, 6.07) is 7.37. The van der Waals surface area contributed by atoms with Gasteiger partial charge >= 0.3 is 6.03 Å². The normalized spacial score (nSPS) is 12.0. The highest BCUT2D eigenvalue weighted by molar-refractivity contribution is 7.10. The zero-order chi connectivity index (χ0) is 15.2. The molecule has 1 aromatic carbocycles. The Morgan fingerprint density at radius 2 is 2.24 bits per heavy atom. The van der Waals surface area contributed by atoms with E-state index in [1.807, 2.05) is 17.5 Å². The van der Waals surface area contributed by atoms with Gasteiger partial charge in [-0.15, -0.1) is 11.3 Å². The van der Waals surface area contributed by atoms with Crippen molar-refractivity contribution in [2.75, 3.05) is 11.9 Å². The minimum atomic E-state index is -0.378. The van der Waals surface area contributed by atoms with Gasteiger partial charge in [0.15, 0.2) is 0 Å². The number of aliphatic hydroxyl groups is 1. The summed E-state index contributed by atoms with van der Waals surface area (Å²) in [4.78, 5) is 13.0. The number of anilines is 1. The van der Waals surface area contributed by atoms with Gasteiger partial charge in [0.25, 0.3) is 0 Å². The summed E-state index contributed by atoms with van der Waals surface area (Å²) < 4.78 is 13.0. The van der Waals surface area contributed by atoms with Crippen LogP contribution in [0.5, 0.6) is 0 Å². The molecule has 0 spiro atoms. The third-order valence-electron chi connectivity index (χ3n) is 3.05. The van der Waals surface area contributed by atoms with E-state index in [0.717, 1.165) is 4.88 Å². The quantitative estimate of drug-likeness (QED) is 0.792. The van der Waals surface area contributed by atoms with Gasteiger partial charge in [0, 0.05) is 17.2 Å². The number of amides is 2. The number of hydrogen-bond donors (Lipinski definition) is 3. The Morgan fingerprint density at radius 3 is 2.86 bits per heavy atom. The maximum atomic E-state index is 13.0. The molecule has 1 atom stereocenters. The van der Waals surface area contributed by atoms with Gasteiger partial charge in [0.2, 0.25) is 0 Å². The first-order valence-electron chi connectivity index (χ1n) is 6.58. The fraction of sp³-hybridized carbons (Fsp3) is 0.267. The number of carbonyl (C=O) groups is 1. The molecule has 0 saturated carbocycles. The molecule has 0 aliphatic heterocycles. The summed E-state index contributed by atoms with van der Waals surface area (Å²) in [5.41, 5.74) is 1.21. The molecule has 21 heavy (non-hydrogen) atoms. The van der Waals surface area contributed by atoms with E-state index in [9.17, 15) is 9.18 Å². The van der Waals surface area contributed by atoms with E-state index < -0.39 is 0 Å². The third-order valence-corrected chi connectivity index (χ3v) is 4.03. The number of thiophene rings is 1. The van der Waals surface area contributed by atoms with Crippen molar-refractivity contribution in [1.29, 1.82) is 0 Å². The molecule has 0 radical (unpaired) electrons. The van der Waals surface area contributed by atoms with E-state index in [4.69, 9.17) is 5.11 Å². The lowest BCUT2D eigenvalue weighted by Crippen LogP contribution is -2.33. The Morgan fingerprint density at radius 1 is 1.43 bits per heavy atom. The highest BCUT2D eigenvalue weighted by Gasteiger charge is 2.15. The van der Waals surface area contributed by atoms with E-state index in [1.54, 1.807) is 6.92 Å². The molecular formula is C15H17FN2O2S. The third kappa shape index (κ3) is 4.27. The van der Waals surface area contributed by atoms with Crippen LogP contribution in [0.25, 0.3) is 0 Å². The van der Waals surface area contributed by atoms with Gasteiger partial charge in [-0.1, -0.05) is 6.07 Å². The summed E-state index contributed by atoms with van der Waals surface area (Å²) >= 11 is 1.52. The Labute approximate surface area is 126 Å². The van der Waals surface area contributed by atoms with Gasteiger partial charge in [-0.2, -0.15) is 0 Å². The van der Waals surface area contributed by atoms with Crippen molar-refractivity contribution >= 4 is 23.1 Å². The second-order valence-electron chi connectivity index (χ2n) is 4.64. The average molecular weight is 308 g/mol. The lowest BCUT2D eigenvalue weighted by atomic mass is 10.2. The number of aliphatic hydroxyl groups excluding tert-OH is 1. The number of halogens is 1. The van der Waals surface area contributed by atoms with Crippen LogP contribution in [-0.2, 0) is 0 Å². The fourth-order valence-corrected chi connectivity index (χ4v) is 2.80. The van der Waals surface area contributed by atoms with Gasteiger partial charge in [-0.05, 0) is 48.6 Å². The second kappa shape index (κ2) is 7.19. The lowest BCUT2D eigenvalue weighted by molar-refractivity contribution is 0.239. The van der Waals surface area contributed by atoms with Gasteiger partial charge in [0.05, 0.1) is 6.04 Å². The lowest BCUT2D eigenvalue weighted by Gasteiger charge is -2.17. The fourth-order valence-electron chi connectivity index (χ4n) is 1.99. The number of hydrogen-bond acceptors (Lipinski definition) is 3. The predicted molar refractivity (Wildman–Crippen MR) is 82.1 cm³/mol. The van der Waals surface area contributed by atoms with Gasteiger partial charge < -0.3 is 15.7 Å². The second-order valence-corrected chi connectivity index (χ2v) is 5.62. The topological polar surface area (TPSA) is 61.4 Å². The van der Waals surface area contributed by atoms with Crippen LogP contribution in [0.15, 0.2) is 35.7 Å².